The molecular formula is C15HF21O2S2. The third-order valence-electron chi connectivity index (χ3n) is 4.50. The lowest BCUT2D eigenvalue weighted by Gasteiger charge is -2.41. The summed E-state index contributed by atoms with van der Waals surface area (Å²) in [6.45, 7) is 0. The van der Waals surface area contributed by atoms with Crippen LogP contribution in [-0.4, -0.2) is 50.5 Å². The molecule has 40 heavy (non-hydrogen) atoms. The molecule has 232 valence electrons. The van der Waals surface area contributed by atoms with Gasteiger partial charge in [0, 0.05) is 11.2 Å². The van der Waals surface area contributed by atoms with Gasteiger partial charge < -0.3 is 4.55 Å². The molecule has 1 aromatic rings. The van der Waals surface area contributed by atoms with Crippen molar-refractivity contribution in [2.45, 2.75) is 46.6 Å². The number of hydrogen-bond acceptors (Lipinski definition) is 2. The van der Waals surface area contributed by atoms with Crippen LogP contribution in [0.1, 0.15) is 5.56 Å². The summed E-state index contributed by atoms with van der Waals surface area (Å²) in [5.74, 6) is -75.3. The van der Waals surface area contributed by atoms with E-state index in [2.05, 4.69) is 11.2 Å². The summed E-state index contributed by atoms with van der Waals surface area (Å²) in [4.78, 5) is -3.11. The van der Waals surface area contributed by atoms with Crippen molar-refractivity contribution in [3.05, 3.63) is 34.7 Å². The van der Waals surface area contributed by atoms with E-state index >= 15 is 0 Å². The molecular weight excluding hydrogens is 675 g/mol. The highest BCUT2D eigenvalue weighted by atomic mass is 32.8. The minimum Gasteiger partial charge on any atom is -0.302 e. The molecule has 0 aliphatic rings. The van der Waals surface area contributed by atoms with Crippen molar-refractivity contribution in [3.8, 4) is 0 Å². The number of hydrogen-bond donors (Lipinski definition) is 1. The molecule has 0 saturated carbocycles. The molecule has 0 aliphatic carbocycles. The Morgan fingerprint density at radius 1 is 0.575 bits per heavy atom. The first kappa shape index (κ1) is 35.8. The second kappa shape index (κ2) is 9.69. The zero-order valence-corrected chi connectivity index (χ0v) is 18.7. The average molecular weight is 676 g/mol. The summed E-state index contributed by atoms with van der Waals surface area (Å²) < 4.78 is 300. The van der Waals surface area contributed by atoms with E-state index in [9.17, 15) is 96.4 Å². The Morgan fingerprint density at radius 3 is 1.25 bits per heavy atom. The normalized spacial score (nSPS) is 17.1. The molecule has 1 rings (SSSR count). The van der Waals surface area contributed by atoms with Crippen molar-refractivity contribution >= 4 is 25.8 Å². The SMILES string of the molecule is O=S(O)(=S)c1c(F)c(F)c(F)c(F)c1C(F)=C(F)C(F)(F)C(F)(F)C(F)(F)C(F)(F)C(F)(F)C(F)(F)C(F)(F)F. The van der Waals surface area contributed by atoms with E-state index < -0.39 is 95.9 Å². The summed E-state index contributed by atoms with van der Waals surface area (Å²) in [7, 11) is -6.01. The number of alkyl halides is 15. The van der Waals surface area contributed by atoms with Crippen LogP contribution in [0, 0.1) is 23.3 Å². The molecule has 25 heteroatoms. The number of benzene rings is 1. The van der Waals surface area contributed by atoms with Gasteiger partial charge in [-0.05, 0) is 0 Å². The molecule has 0 aliphatic heterocycles. The molecule has 0 heterocycles. The van der Waals surface area contributed by atoms with Gasteiger partial charge in [-0.2, -0.15) is 65.9 Å². The molecule has 1 unspecified atom stereocenters. The van der Waals surface area contributed by atoms with Gasteiger partial charge in [0.2, 0.25) is 5.83 Å². The van der Waals surface area contributed by atoms with E-state index in [4.69, 9.17) is 4.55 Å². The van der Waals surface area contributed by atoms with Gasteiger partial charge in [0.05, 0.1) is 5.56 Å². The van der Waals surface area contributed by atoms with Crippen LogP contribution in [0.15, 0.2) is 10.7 Å². The van der Waals surface area contributed by atoms with E-state index in [0.717, 1.165) is 0 Å². The maximum Gasteiger partial charge on any atom is 0.460 e. The molecule has 0 bridgehead atoms. The molecule has 2 nitrogen and oxygen atoms in total. The average Bonchev–Trinajstić information content (AvgIpc) is 2.76. The van der Waals surface area contributed by atoms with Crippen LogP contribution in [0.2, 0.25) is 0 Å². The Hall–Kier alpha value is -2.18. The highest BCUT2D eigenvalue weighted by Gasteiger charge is 2.93. The summed E-state index contributed by atoms with van der Waals surface area (Å²) >= 11 is 3.45. The predicted molar refractivity (Wildman–Crippen MR) is 87.5 cm³/mol. The van der Waals surface area contributed by atoms with E-state index in [0.29, 0.717) is 0 Å². The molecule has 0 saturated heterocycles. The maximum absolute atomic E-state index is 14.2. The zero-order chi connectivity index (χ0) is 32.6. The summed E-state index contributed by atoms with van der Waals surface area (Å²) in [6, 6.07) is 0. The van der Waals surface area contributed by atoms with Crippen molar-refractivity contribution < 1.29 is 101 Å². The van der Waals surface area contributed by atoms with Gasteiger partial charge in [-0.15, -0.1) is 0 Å². The third-order valence-corrected chi connectivity index (χ3v) is 5.90. The highest BCUT2D eigenvalue weighted by molar-refractivity contribution is 8.29. The quantitative estimate of drug-likeness (QED) is 0.174. The second-order valence-corrected chi connectivity index (χ2v) is 9.72. The van der Waals surface area contributed by atoms with Crippen molar-refractivity contribution in [1.82, 2.24) is 0 Å². The Morgan fingerprint density at radius 2 is 0.900 bits per heavy atom. The topological polar surface area (TPSA) is 37.3 Å². The first-order valence-electron chi connectivity index (χ1n) is 8.44. The van der Waals surface area contributed by atoms with Crippen molar-refractivity contribution in [1.29, 1.82) is 0 Å². The molecule has 0 fully saturated rings. The highest BCUT2D eigenvalue weighted by Crippen LogP contribution is 2.63. The minimum absolute atomic E-state index is 3.11. The maximum atomic E-state index is 14.2. The molecule has 0 aromatic heterocycles. The minimum atomic E-state index is -8.96. The van der Waals surface area contributed by atoms with Gasteiger partial charge in [-0.1, -0.05) is 0 Å². The third kappa shape index (κ3) is 4.73. The van der Waals surface area contributed by atoms with Crippen LogP contribution in [-0.2, 0) is 20.0 Å². The van der Waals surface area contributed by atoms with Crippen LogP contribution < -0.4 is 0 Å². The number of halogens is 21. The van der Waals surface area contributed by atoms with Crippen molar-refractivity contribution in [2.24, 2.45) is 0 Å². The Bertz CT molecular complexity index is 1320. The standard InChI is InChI=1S/C15HF21O2S2/c16-2-1(7(40(37,38)39)6(20)5(19)4(2)18)3(17)8(21)9(22,23)10(24,25)11(26,27)12(28,29)13(30,31)14(32,33)15(34,35)36/h(H,37,38,39). The summed E-state index contributed by atoms with van der Waals surface area (Å²) in [5, 5.41) is 0. The Balaban J connectivity index is 4.11. The fourth-order valence-electron chi connectivity index (χ4n) is 2.40. The first-order valence-corrected chi connectivity index (χ1v) is 10.9. The van der Waals surface area contributed by atoms with E-state index in [1.54, 1.807) is 0 Å². The summed E-state index contributed by atoms with van der Waals surface area (Å²) in [6.07, 6.45) is -7.97. The molecule has 0 radical (unpaired) electrons. The van der Waals surface area contributed by atoms with Crippen LogP contribution >= 0.6 is 0 Å². The van der Waals surface area contributed by atoms with Crippen LogP contribution in [0.3, 0.4) is 0 Å². The molecule has 1 atom stereocenters. The Kier molecular flexibility index (Phi) is 8.68. The lowest BCUT2D eigenvalue weighted by molar-refractivity contribution is -0.450. The van der Waals surface area contributed by atoms with Crippen LogP contribution in [0.25, 0.3) is 5.83 Å². The lowest BCUT2D eigenvalue weighted by atomic mass is 9.90. The second-order valence-electron chi connectivity index (χ2n) is 7.01. The van der Waals surface area contributed by atoms with E-state index in [1.807, 2.05) is 0 Å². The first-order chi connectivity index (χ1) is 17.2. The number of allylic oxidation sites excluding steroid dienone is 1. The predicted octanol–water partition coefficient (Wildman–Crippen LogP) is 7.80. The van der Waals surface area contributed by atoms with Crippen LogP contribution in [0.4, 0.5) is 92.2 Å². The Labute approximate surface area is 208 Å². The summed E-state index contributed by atoms with van der Waals surface area (Å²) in [5.41, 5.74) is -3.50. The smallest absolute Gasteiger partial charge is 0.302 e. The largest absolute Gasteiger partial charge is 0.460 e. The van der Waals surface area contributed by atoms with Crippen molar-refractivity contribution in [2.75, 3.05) is 0 Å². The molecule has 1 aromatic carbocycles. The van der Waals surface area contributed by atoms with Gasteiger partial charge in [0.25, 0.3) is 0 Å². The van der Waals surface area contributed by atoms with Gasteiger partial charge in [0.15, 0.2) is 37.9 Å². The van der Waals surface area contributed by atoms with Gasteiger partial charge in [-0.3, -0.25) is 0 Å². The monoisotopic (exact) mass is 676 g/mol. The fourth-order valence-corrected chi connectivity index (χ4v) is 3.62. The van der Waals surface area contributed by atoms with Crippen LogP contribution in [0.5, 0.6) is 0 Å². The van der Waals surface area contributed by atoms with Gasteiger partial charge >= 0.3 is 41.7 Å². The molecule has 1 N–H and O–H groups in total. The van der Waals surface area contributed by atoms with E-state index in [-0.39, 0.29) is 0 Å². The molecule has 0 spiro atoms. The fraction of sp³-hybridized carbons (Fsp3) is 0.467. The number of rotatable bonds is 8. The zero-order valence-electron chi connectivity index (χ0n) is 17.1. The molecule has 0 amide bonds. The van der Waals surface area contributed by atoms with Gasteiger partial charge in [-0.25, -0.2) is 30.6 Å². The van der Waals surface area contributed by atoms with Gasteiger partial charge in [0.1, 0.15) is 4.90 Å². The lowest BCUT2D eigenvalue weighted by Crippen LogP contribution is -2.72. The van der Waals surface area contributed by atoms with Crippen molar-refractivity contribution in [3.63, 3.8) is 0 Å². The van der Waals surface area contributed by atoms with E-state index in [1.165, 1.54) is 0 Å².